The van der Waals surface area contributed by atoms with Gasteiger partial charge < -0.3 is 9.84 Å². The normalized spacial score (nSPS) is 11.4. The number of ether oxygens (including phenoxy) is 1. The molecule has 0 bridgehead atoms. The highest BCUT2D eigenvalue weighted by atomic mass is 32.1. The van der Waals surface area contributed by atoms with Gasteiger partial charge in [-0.1, -0.05) is 39.8 Å². The van der Waals surface area contributed by atoms with Gasteiger partial charge in [0, 0.05) is 23.7 Å². The van der Waals surface area contributed by atoms with Crippen molar-refractivity contribution in [2.24, 2.45) is 0 Å². The Kier molecular flexibility index (Phi) is 6.91. The van der Waals surface area contributed by atoms with E-state index in [1.54, 1.807) is 35.6 Å². The maximum atomic E-state index is 11.9. The highest BCUT2D eigenvalue weighted by molar-refractivity contribution is 7.18. The van der Waals surface area contributed by atoms with Crippen molar-refractivity contribution in [2.75, 3.05) is 6.61 Å². The van der Waals surface area contributed by atoms with Gasteiger partial charge in [0.2, 0.25) is 0 Å². The lowest BCUT2D eigenvalue weighted by Crippen LogP contribution is -2.16. The summed E-state index contributed by atoms with van der Waals surface area (Å²) in [5.41, 5.74) is 3.05. The summed E-state index contributed by atoms with van der Waals surface area (Å²) in [6, 6.07) is 12.7. The van der Waals surface area contributed by atoms with Crippen LogP contribution in [0.3, 0.4) is 0 Å². The number of carboxylic acid groups (broad SMARTS) is 1. The average molecular weight is 438 g/mol. The maximum Gasteiger partial charge on any atom is 0.335 e. The number of aromatic nitrogens is 1. The fourth-order valence-electron chi connectivity index (χ4n) is 3.20. The number of ketones is 1. The first-order valence-electron chi connectivity index (χ1n) is 10.3. The van der Waals surface area contributed by atoms with E-state index in [0.717, 1.165) is 38.7 Å². The topological polar surface area (TPSA) is 76.5 Å². The van der Waals surface area contributed by atoms with Gasteiger partial charge in [0.05, 0.1) is 10.4 Å². The summed E-state index contributed by atoms with van der Waals surface area (Å²) in [4.78, 5) is 28.5. The molecule has 5 nitrogen and oxygen atoms in total. The van der Waals surface area contributed by atoms with Crippen molar-refractivity contribution in [2.45, 2.75) is 46.0 Å². The van der Waals surface area contributed by atoms with Gasteiger partial charge in [-0.15, -0.1) is 11.3 Å². The number of nitrogens with zero attached hydrogens (tertiary/aromatic N) is 1. The van der Waals surface area contributed by atoms with Crippen molar-refractivity contribution in [3.05, 3.63) is 59.8 Å². The Labute approximate surface area is 186 Å². The minimum atomic E-state index is -0.945. The SMILES string of the molecule is CCCC(=O)COc1ccc(-c2cnc(-c3ccc(C(=O)O)cc3)s2)cc1C(C)(C)C. The Hall–Kier alpha value is -2.99. The second kappa shape index (κ2) is 9.43. The largest absolute Gasteiger partial charge is 0.486 e. The van der Waals surface area contributed by atoms with Crippen molar-refractivity contribution in [1.82, 2.24) is 4.98 Å². The monoisotopic (exact) mass is 437 g/mol. The number of hydrogen-bond acceptors (Lipinski definition) is 5. The summed E-state index contributed by atoms with van der Waals surface area (Å²) in [5.74, 6) is -0.109. The number of aromatic carboxylic acids is 1. The minimum Gasteiger partial charge on any atom is -0.486 e. The Morgan fingerprint density at radius 2 is 1.74 bits per heavy atom. The highest BCUT2D eigenvalue weighted by Crippen LogP contribution is 2.38. The number of rotatable bonds is 8. The van der Waals surface area contributed by atoms with Crippen LogP contribution < -0.4 is 4.74 Å². The van der Waals surface area contributed by atoms with E-state index in [1.165, 1.54) is 0 Å². The first-order chi connectivity index (χ1) is 14.7. The summed E-state index contributed by atoms with van der Waals surface area (Å²) in [7, 11) is 0. The molecular weight excluding hydrogens is 410 g/mol. The van der Waals surface area contributed by atoms with Gasteiger partial charge in [-0.3, -0.25) is 4.79 Å². The molecule has 31 heavy (non-hydrogen) atoms. The molecule has 162 valence electrons. The maximum absolute atomic E-state index is 11.9. The number of carbonyl (C=O) groups excluding carboxylic acids is 1. The van der Waals surface area contributed by atoms with Crippen molar-refractivity contribution in [1.29, 1.82) is 0 Å². The molecule has 0 saturated heterocycles. The Bertz CT molecular complexity index is 1080. The van der Waals surface area contributed by atoms with E-state index < -0.39 is 5.97 Å². The van der Waals surface area contributed by atoms with Crippen LogP contribution in [-0.2, 0) is 10.2 Å². The van der Waals surface area contributed by atoms with E-state index >= 15 is 0 Å². The van der Waals surface area contributed by atoms with Gasteiger partial charge in [0.15, 0.2) is 5.78 Å². The van der Waals surface area contributed by atoms with Crippen LogP contribution in [0.25, 0.3) is 21.0 Å². The fraction of sp³-hybridized carbons (Fsp3) is 0.320. The molecule has 0 amide bonds. The zero-order valence-corrected chi connectivity index (χ0v) is 19.1. The third kappa shape index (κ3) is 5.58. The molecule has 0 aliphatic rings. The molecule has 1 heterocycles. The van der Waals surface area contributed by atoms with E-state index in [0.29, 0.717) is 6.42 Å². The summed E-state index contributed by atoms with van der Waals surface area (Å²) in [5, 5.41) is 9.89. The van der Waals surface area contributed by atoms with E-state index in [9.17, 15) is 9.59 Å². The number of benzene rings is 2. The molecule has 0 fully saturated rings. The van der Waals surface area contributed by atoms with Gasteiger partial charge in [-0.2, -0.15) is 0 Å². The average Bonchev–Trinajstić information content (AvgIpc) is 3.22. The van der Waals surface area contributed by atoms with Crippen LogP contribution in [0, 0.1) is 0 Å². The van der Waals surface area contributed by atoms with E-state index in [1.807, 2.05) is 25.3 Å². The molecule has 0 spiro atoms. The van der Waals surface area contributed by atoms with Crippen LogP contribution in [-0.4, -0.2) is 28.4 Å². The number of hydrogen-bond donors (Lipinski definition) is 1. The van der Waals surface area contributed by atoms with Gasteiger partial charge in [-0.25, -0.2) is 9.78 Å². The van der Waals surface area contributed by atoms with E-state index in [4.69, 9.17) is 9.84 Å². The third-order valence-electron chi connectivity index (χ3n) is 4.87. The molecule has 3 aromatic rings. The summed E-state index contributed by atoms with van der Waals surface area (Å²) in [6.07, 6.45) is 3.18. The van der Waals surface area contributed by atoms with Crippen LogP contribution in [0.15, 0.2) is 48.7 Å². The van der Waals surface area contributed by atoms with Crippen molar-refractivity contribution >= 4 is 23.1 Å². The molecule has 6 heteroatoms. The van der Waals surface area contributed by atoms with Gasteiger partial charge in [0.1, 0.15) is 17.4 Å². The Balaban J connectivity index is 1.87. The quantitative estimate of drug-likeness (QED) is 0.453. The van der Waals surface area contributed by atoms with Gasteiger partial charge >= 0.3 is 5.97 Å². The standard InChI is InChI=1S/C25H27NO4S/c1-5-6-19(27)15-30-21-12-11-18(13-20(21)25(2,3)4)22-14-26-23(31-22)16-7-9-17(10-8-16)24(28)29/h7-14H,5-6,15H2,1-4H3,(H,28,29). The van der Waals surface area contributed by atoms with Crippen LogP contribution in [0.2, 0.25) is 0 Å². The smallest absolute Gasteiger partial charge is 0.335 e. The molecule has 1 aromatic heterocycles. The van der Waals surface area contributed by atoms with Crippen LogP contribution in [0.1, 0.15) is 56.5 Å². The Morgan fingerprint density at radius 3 is 2.35 bits per heavy atom. The molecule has 0 aliphatic carbocycles. The first-order valence-corrected chi connectivity index (χ1v) is 11.1. The number of carbonyl (C=O) groups is 2. The van der Waals surface area contributed by atoms with E-state index in [2.05, 4.69) is 31.8 Å². The summed E-state index contributed by atoms with van der Waals surface area (Å²) < 4.78 is 5.86. The molecule has 1 N–H and O–H groups in total. The molecular formula is C25H27NO4S. The summed E-state index contributed by atoms with van der Waals surface area (Å²) >= 11 is 1.55. The van der Waals surface area contributed by atoms with Crippen LogP contribution in [0.5, 0.6) is 5.75 Å². The van der Waals surface area contributed by atoms with Crippen molar-refractivity contribution < 1.29 is 19.4 Å². The third-order valence-corrected chi connectivity index (χ3v) is 5.97. The zero-order valence-electron chi connectivity index (χ0n) is 18.3. The molecule has 2 aromatic carbocycles. The lowest BCUT2D eigenvalue weighted by atomic mass is 9.85. The number of thiazole rings is 1. The molecule has 0 saturated carbocycles. The van der Waals surface area contributed by atoms with E-state index in [-0.39, 0.29) is 23.4 Å². The predicted octanol–water partition coefficient (Wildman–Crippen LogP) is 6.22. The number of carboxylic acids is 1. The molecule has 0 radical (unpaired) electrons. The Morgan fingerprint density at radius 1 is 1.06 bits per heavy atom. The lowest BCUT2D eigenvalue weighted by molar-refractivity contribution is -0.121. The molecule has 0 aliphatic heterocycles. The second-order valence-electron chi connectivity index (χ2n) is 8.45. The molecule has 0 unspecified atom stereocenters. The second-order valence-corrected chi connectivity index (χ2v) is 9.48. The lowest BCUT2D eigenvalue weighted by Gasteiger charge is -2.23. The molecule has 0 atom stereocenters. The van der Waals surface area contributed by atoms with Gasteiger partial charge in [-0.05, 0) is 47.7 Å². The number of Topliss-reactive ketones (excluding diaryl/α,β-unsaturated/α-hetero) is 1. The molecule has 3 rings (SSSR count). The first kappa shape index (κ1) is 22.7. The summed E-state index contributed by atoms with van der Waals surface area (Å²) in [6.45, 7) is 8.43. The van der Waals surface area contributed by atoms with Crippen molar-refractivity contribution in [3.63, 3.8) is 0 Å². The van der Waals surface area contributed by atoms with Crippen molar-refractivity contribution in [3.8, 4) is 26.8 Å². The fourth-order valence-corrected chi connectivity index (χ4v) is 4.12. The van der Waals surface area contributed by atoms with Crippen LogP contribution in [0.4, 0.5) is 0 Å². The highest BCUT2D eigenvalue weighted by Gasteiger charge is 2.21. The zero-order chi connectivity index (χ0) is 22.6. The van der Waals surface area contributed by atoms with Gasteiger partial charge in [0.25, 0.3) is 0 Å². The van der Waals surface area contributed by atoms with Crippen LogP contribution >= 0.6 is 11.3 Å². The minimum absolute atomic E-state index is 0.0906. The predicted molar refractivity (Wildman–Crippen MR) is 124 cm³/mol.